The number of carbonyl (C=O) groups is 1. The smallest absolute Gasteiger partial charge is 0.387 e. The monoisotopic (exact) mass is 288 g/mol. The summed E-state index contributed by atoms with van der Waals surface area (Å²) in [5.41, 5.74) is 0.0223. The number of methoxy groups -OCH3 is 1. The SMILES string of the molecule is CNCCCNC(=O)c1cccc(OC)c1OC(F)F. The van der Waals surface area contributed by atoms with E-state index in [2.05, 4.69) is 15.4 Å². The highest BCUT2D eigenvalue weighted by Gasteiger charge is 2.19. The van der Waals surface area contributed by atoms with E-state index in [4.69, 9.17) is 4.74 Å². The number of amides is 1. The first-order valence-electron chi connectivity index (χ1n) is 6.14. The van der Waals surface area contributed by atoms with E-state index in [-0.39, 0.29) is 17.1 Å². The number of rotatable bonds is 8. The fourth-order valence-corrected chi connectivity index (χ4v) is 1.63. The lowest BCUT2D eigenvalue weighted by Gasteiger charge is -2.14. The Morgan fingerprint density at radius 1 is 1.35 bits per heavy atom. The van der Waals surface area contributed by atoms with Gasteiger partial charge in [-0.15, -0.1) is 0 Å². The zero-order valence-corrected chi connectivity index (χ0v) is 11.4. The van der Waals surface area contributed by atoms with Gasteiger partial charge in [0.05, 0.1) is 12.7 Å². The highest BCUT2D eigenvalue weighted by Crippen LogP contribution is 2.32. The molecular formula is C13H18F2N2O3. The van der Waals surface area contributed by atoms with Gasteiger partial charge in [-0.1, -0.05) is 6.07 Å². The van der Waals surface area contributed by atoms with Gasteiger partial charge < -0.3 is 20.1 Å². The van der Waals surface area contributed by atoms with Gasteiger partial charge in [0.1, 0.15) is 0 Å². The molecule has 20 heavy (non-hydrogen) atoms. The van der Waals surface area contributed by atoms with Crippen LogP contribution in [0.25, 0.3) is 0 Å². The van der Waals surface area contributed by atoms with Crippen LogP contribution in [0.15, 0.2) is 18.2 Å². The van der Waals surface area contributed by atoms with E-state index in [0.717, 1.165) is 13.0 Å². The van der Waals surface area contributed by atoms with Crippen molar-refractivity contribution in [2.24, 2.45) is 0 Å². The maximum atomic E-state index is 12.4. The molecule has 5 nitrogen and oxygen atoms in total. The maximum Gasteiger partial charge on any atom is 0.387 e. The van der Waals surface area contributed by atoms with Crippen molar-refractivity contribution < 1.29 is 23.0 Å². The van der Waals surface area contributed by atoms with E-state index >= 15 is 0 Å². The molecule has 7 heteroatoms. The van der Waals surface area contributed by atoms with E-state index in [9.17, 15) is 13.6 Å². The molecule has 0 aliphatic heterocycles. The molecular weight excluding hydrogens is 270 g/mol. The third-order valence-corrected chi connectivity index (χ3v) is 2.54. The number of para-hydroxylation sites is 1. The summed E-state index contributed by atoms with van der Waals surface area (Å²) in [4.78, 5) is 12.0. The van der Waals surface area contributed by atoms with Crippen molar-refractivity contribution >= 4 is 5.91 Å². The molecule has 112 valence electrons. The minimum absolute atomic E-state index is 0.0223. The normalized spacial score (nSPS) is 10.4. The second kappa shape index (κ2) is 8.31. The van der Waals surface area contributed by atoms with Crippen LogP contribution in [0.1, 0.15) is 16.8 Å². The van der Waals surface area contributed by atoms with Gasteiger partial charge in [-0.25, -0.2) is 0 Å². The van der Waals surface area contributed by atoms with Crippen LogP contribution in [0.5, 0.6) is 11.5 Å². The summed E-state index contributed by atoms with van der Waals surface area (Å²) in [7, 11) is 3.13. The van der Waals surface area contributed by atoms with E-state index in [0.29, 0.717) is 6.54 Å². The van der Waals surface area contributed by atoms with Crippen LogP contribution in [0, 0.1) is 0 Å². The Morgan fingerprint density at radius 3 is 2.70 bits per heavy atom. The van der Waals surface area contributed by atoms with Gasteiger partial charge in [-0.05, 0) is 32.1 Å². The molecule has 0 aliphatic carbocycles. The van der Waals surface area contributed by atoms with Gasteiger partial charge >= 0.3 is 6.61 Å². The topological polar surface area (TPSA) is 59.6 Å². The molecule has 0 unspecified atom stereocenters. The summed E-state index contributed by atoms with van der Waals surface area (Å²) < 4.78 is 34.1. The zero-order valence-electron chi connectivity index (χ0n) is 11.4. The Bertz CT molecular complexity index is 442. The molecule has 0 saturated heterocycles. The van der Waals surface area contributed by atoms with Crippen LogP contribution in [0.2, 0.25) is 0 Å². The van der Waals surface area contributed by atoms with Gasteiger partial charge in [0.25, 0.3) is 5.91 Å². The molecule has 0 aliphatic rings. The second-order valence-corrected chi connectivity index (χ2v) is 3.93. The first kappa shape index (κ1) is 16.2. The average molecular weight is 288 g/mol. The van der Waals surface area contributed by atoms with Crippen LogP contribution < -0.4 is 20.1 Å². The first-order chi connectivity index (χ1) is 9.60. The summed E-state index contributed by atoms with van der Waals surface area (Å²) in [6.07, 6.45) is 0.733. The minimum atomic E-state index is -3.03. The second-order valence-electron chi connectivity index (χ2n) is 3.93. The van der Waals surface area contributed by atoms with E-state index in [1.807, 2.05) is 0 Å². The standard InChI is InChI=1S/C13H18F2N2O3/c1-16-7-4-8-17-12(18)9-5-3-6-10(19-2)11(9)20-13(14)15/h3,5-6,13,16H,4,7-8H2,1-2H3,(H,17,18). The number of hydrogen-bond acceptors (Lipinski definition) is 4. The van der Waals surface area contributed by atoms with Crippen molar-refractivity contribution in [3.63, 3.8) is 0 Å². The van der Waals surface area contributed by atoms with Crippen molar-refractivity contribution in [3.8, 4) is 11.5 Å². The van der Waals surface area contributed by atoms with E-state index in [1.165, 1.54) is 19.2 Å². The highest BCUT2D eigenvalue weighted by molar-refractivity contribution is 5.97. The summed E-state index contributed by atoms with van der Waals surface area (Å²) in [6, 6.07) is 4.41. The maximum absolute atomic E-state index is 12.4. The molecule has 1 rings (SSSR count). The molecule has 0 atom stereocenters. The molecule has 0 spiro atoms. The Morgan fingerprint density at radius 2 is 2.10 bits per heavy atom. The molecule has 1 aromatic carbocycles. The van der Waals surface area contributed by atoms with Crippen molar-refractivity contribution in [2.75, 3.05) is 27.2 Å². The van der Waals surface area contributed by atoms with Crippen molar-refractivity contribution in [1.82, 2.24) is 10.6 Å². The number of nitrogens with one attached hydrogen (secondary N) is 2. The lowest BCUT2D eigenvalue weighted by Crippen LogP contribution is -2.27. The summed E-state index contributed by atoms with van der Waals surface area (Å²) in [5.74, 6) is -0.639. The minimum Gasteiger partial charge on any atom is -0.493 e. The van der Waals surface area contributed by atoms with Crippen LogP contribution in [0.4, 0.5) is 8.78 Å². The molecule has 0 bridgehead atoms. The quantitative estimate of drug-likeness (QED) is 0.714. The van der Waals surface area contributed by atoms with E-state index in [1.54, 1.807) is 13.1 Å². The summed E-state index contributed by atoms with van der Waals surface area (Å²) in [5, 5.41) is 5.58. The largest absolute Gasteiger partial charge is 0.493 e. The lowest BCUT2D eigenvalue weighted by molar-refractivity contribution is -0.0515. The molecule has 1 aromatic rings. The number of alkyl halides is 2. The third kappa shape index (κ3) is 4.65. The van der Waals surface area contributed by atoms with Gasteiger partial charge in [-0.2, -0.15) is 8.78 Å². The summed E-state index contributed by atoms with van der Waals surface area (Å²) in [6.45, 7) is -1.84. The molecule has 0 saturated carbocycles. The van der Waals surface area contributed by atoms with Crippen molar-refractivity contribution in [3.05, 3.63) is 23.8 Å². The van der Waals surface area contributed by atoms with Crippen LogP contribution in [0.3, 0.4) is 0 Å². The van der Waals surface area contributed by atoms with Crippen molar-refractivity contribution in [2.45, 2.75) is 13.0 Å². The molecule has 2 N–H and O–H groups in total. The Kier molecular flexibility index (Phi) is 6.72. The van der Waals surface area contributed by atoms with Crippen LogP contribution in [-0.2, 0) is 0 Å². The molecule has 0 aromatic heterocycles. The fourth-order valence-electron chi connectivity index (χ4n) is 1.63. The number of halogens is 2. The van der Waals surface area contributed by atoms with Crippen LogP contribution >= 0.6 is 0 Å². The van der Waals surface area contributed by atoms with Gasteiger partial charge in [0, 0.05) is 6.54 Å². The first-order valence-corrected chi connectivity index (χ1v) is 6.14. The van der Waals surface area contributed by atoms with Crippen LogP contribution in [-0.4, -0.2) is 39.8 Å². The van der Waals surface area contributed by atoms with Gasteiger partial charge in [0.15, 0.2) is 11.5 Å². The Hall–Kier alpha value is -1.89. The third-order valence-electron chi connectivity index (χ3n) is 2.54. The predicted molar refractivity (Wildman–Crippen MR) is 70.5 cm³/mol. The molecule has 0 radical (unpaired) electrons. The average Bonchev–Trinajstić information content (AvgIpc) is 2.43. The Balaban J connectivity index is 2.84. The summed E-state index contributed by atoms with van der Waals surface area (Å²) >= 11 is 0. The molecule has 0 heterocycles. The van der Waals surface area contributed by atoms with Crippen molar-refractivity contribution in [1.29, 1.82) is 0 Å². The number of hydrogen-bond donors (Lipinski definition) is 2. The predicted octanol–water partition coefficient (Wildman–Crippen LogP) is 1.64. The van der Waals surface area contributed by atoms with E-state index < -0.39 is 12.5 Å². The highest BCUT2D eigenvalue weighted by atomic mass is 19.3. The fraction of sp³-hybridized carbons (Fsp3) is 0.462. The molecule has 1 amide bonds. The van der Waals surface area contributed by atoms with Gasteiger partial charge in [-0.3, -0.25) is 4.79 Å². The molecule has 0 fully saturated rings. The number of carbonyl (C=O) groups excluding carboxylic acids is 1. The number of benzene rings is 1. The Labute approximate surface area is 116 Å². The zero-order chi connectivity index (χ0) is 15.0. The lowest BCUT2D eigenvalue weighted by atomic mass is 10.1. The number of ether oxygens (including phenoxy) is 2. The van der Waals surface area contributed by atoms with Gasteiger partial charge in [0.2, 0.25) is 0 Å².